The molecule has 1 aromatic rings. The highest BCUT2D eigenvalue weighted by atomic mass is 16.7. The quantitative estimate of drug-likeness (QED) is 0.842. The van der Waals surface area contributed by atoms with Crippen LogP contribution in [0.5, 0.6) is 11.5 Å². The van der Waals surface area contributed by atoms with Gasteiger partial charge in [-0.05, 0) is 45.4 Å². The van der Waals surface area contributed by atoms with Gasteiger partial charge in [0.05, 0.1) is 0 Å². The first-order valence-corrected chi connectivity index (χ1v) is 7.71. The van der Waals surface area contributed by atoms with Gasteiger partial charge in [0.25, 0.3) is 0 Å². The van der Waals surface area contributed by atoms with E-state index in [2.05, 4.69) is 5.32 Å². The number of ether oxygens (including phenoxy) is 3. The Hall–Kier alpha value is -2.24. The van der Waals surface area contributed by atoms with Crippen LogP contribution in [-0.2, 0) is 4.74 Å². The number of hydrogen-bond acceptors (Lipinski definition) is 5. The summed E-state index contributed by atoms with van der Waals surface area (Å²) in [5, 5.41) is 2.74. The van der Waals surface area contributed by atoms with Crippen molar-refractivity contribution < 1.29 is 23.8 Å². The fraction of sp³-hybridized carbons (Fsp3) is 0.529. The zero-order valence-corrected chi connectivity index (χ0v) is 14.0. The van der Waals surface area contributed by atoms with Gasteiger partial charge in [0, 0.05) is 18.0 Å². The van der Waals surface area contributed by atoms with E-state index < -0.39 is 11.7 Å². The molecule has 0 spiro atoms. The summed E-state index contributed by atoms with van der Waals surface area (Å²) in [5.41, 5.74) is -0.0253. The first-order chi connectivity index (χ1) is 10.8. The number of amides is 1. The number of carbonyl (C=O) groups is 2. The molecule has 1 amide bonds. The molecule has 23 heavy (non-hydrogen) atoms. The topological polar surface area (TPSA) is 73.9 Å². The minimum Gasteiger partial charge on any atom is -0.454 e. The highest BCUT2D eigenvalue weighted by molar-refractivity contribution is 5.97. The number of nitrogens with one attached hydrogen (secondary N) is 1. The summed E-state index contributed by atoms with van der Waals surface area (Å²) in [5.74, 6) is 1.15. The van der Waals surface area contributed by atoms with E-state index in [1.165, 1.54) is 0 Å². The molecule has 1 unspecified atom stereocenters. The van der Waals surface area contributed by atoms with Gasteiger partial charge in [-0.3, -0.25) is 4.79 Å². The Morgan fingerprint density at radius 3 is 2.61 bits per heavy atom. The van der Waals surface area contributed by atoms with Gasteiger partial charge in [0.15, 0.2) is 17.3 Å². The molecular formula is C17H23NO5. The maximum Gasteiger partial charge on any atom is 0.407 e. The van der Waals surface area contributed by atoms with Crippen LogP contribution < -0.4 is 14.8 Å². The molecule has 0 saturated heterocycles. The SMILES string of the molecule is CCC(CC(=O)c1ccc2c(c1)OCO2)NC(=O)OC(C)(C)C. The molecule has 0 saturated carbocycles. The lowest BCUT2D eigenvalue weighted by Gasteiger charge is -2.22. The van der Waals surface area contributed by atoms with Crippen LogP contribution >= 0.6 is 0 Å². The van der Waals surface area contributed by atoms with Gasteiger partial charge >= 0.3 is 6.09 Å². The van der Waals surface area contributed by atoms with E-state index in [4.69, 9.17) is 14.2 Å². The number of fused-ring (bicyclic) bond motifs is 1. The molecule has 1 aliphatic heterocycles. The molecule has 1 aromatic carbocycles. The van der Waals surface area contributed by atoms with Crippen LogP contribution in [0.15, 0.2) is 18.2 Å². The normalized spacial score (nSPS) is 14.3. The van der Waals surface area contributed by atoms with Crippen molar-refractivity contribution in [1.82, 2.24) is 5.32 Å². The second kappa shape index (κ2) is 6.89. The second-order valence-corrected chi connectivity index (χ2v) is 6.45. The minimum absolute atomic E-state index is 0.0637. The first-order valence-electron chi connectivity index (χ1n) is 7.71. The third-order valence-corrected chi connectivity index (χ3v) is 3.34. The van der Waals surface area contributed by atoms with Crippen LogP contribution in [0.25, 0.3) is 0 Å². The number of benzene rings is 1. The molecule has 6 heteroatoms. The van der Waals surface area contributed by atoms with E-state index in [0.717, 1.165) is 0 Å². The molecule has 0 aromatic heterocycles. The maximum absolute atomic E-state index is 12.4. The highest BCUT2D eigenvalue weighted by Crippen LogP contribution is 2.32. The monoisotopic (exact) mass is 321 g/mol. The van der Waals surface area contributed by atoms with Gasteiger partial charge in [-0.2, -0.15) is 0 Å². The summed E-state index contributed by atoms with van der Waals surface area (Å²) in [6.07, 6.45) is 0.327. The Labute approximate surface area is 136 Å². The number of alkyl carbamates (subject to hydrolysis) is 1. The maximum atomic E-state index is 12.4. The Morgan fingerprint density at radius 2 is 1.96 bits per heavy atom. The lowest BCUT2D eigenvalue weighted by atomic mass is 10.0. The fourth-order valence-corrected chi connectivity index (χ4v) is 2.18. The molecule has 1 N–H and O–H groups in total. The van der Waals surface area contributed by atoms with Gasteiger partial charge in [-0.15, -0.1) is 0 Å². The van der Waals surface area contributed by atoms with Gasteiger partial charge in [0.2, 0.25) is 6.79 Å². The average Bonchev–Trinajstić information content (AvgIpc) is 2.91. The van der Waals surface area contributed by atoms with Crippen LogP contribution in [0.2, 0.25) is 0 Å². The van der Waals surface area contributed by atoms with Gasteiger partial charge in [0.1, 0.15) is 5.60 Å². The Bertz CT molecular complexity index is 591. The lowest BCUT2D eigenvalue weighted by molar-refractivity contribution is 0.0500. The van der Waals surface area contributed by atoms with Gasteiger partial charge in [-0.1, -0.05) is 6.92 Å². The predicted molar refractivity (Wildman–Crippen MR) is 85.0 cm³/mol. The smallest absolute Gasteiger partial charge is 0.407 e. The van der Waals surface area contributed by atoms with E-state index in [1.54, 1.807) is 39.0 Å². The fourth-order valence-electron chi connectivity index (χ4n) is 2.18. The van der Waals surface area contributed by atoms with Crippen molar-refractivity contribution in [3.8, 4) is 11.5 Å². The third kappa shape index (κ3) is 4.87. The molecule has 126 valence electrons. The van der Waals surface area contributed by atoms with Crippen molar-refractivity contribution in [2.75, 3.05) is 6.79 Å². The average molecular weight is 321 g/mol. The van der Waals surface area contributed by atoms with Crippen molar-refractivity contribution in [1.29, 1.82) is 0 Å². The molecule has 1 aliphatic rings. The largest absolute Gasteiger partial charge is 0.454 e. The first kappa shape index (κ1) is 17.1. The summed E-state index contributed by atoms with van der Waals surface area (Å²) in [6, 6.07) is 4.82. The molecule has 0 aliphatic carbocycles. The van der Waals surface area contributed by atoms with E-state index in [0.29, 0.717) is 23.5 Å². The minimum atomic E-state index is -0.566. The van der Waals surface area contributed by atoms with E-state index >= 15 is 0 Å². The second-order valence-electron chi connectivity index (χ2n) is 6.45. The van der Waals surface area contributed by atoms with E-state index in [-0.39, 0.29) is 25.0 Å². The summed E-state index contributed by atoms with van der Waals surface area (Å²) in [7, 11) is 0. The van der Waals surface area contributed by atoms with Crippen molar-refractivity contribution in [3.63, 3.8) is 0 Å². The molecule has 1 atom stereocenters. The molecule has 0 radical (unpaired) electrons. The zero-order valence-electron chi connectivity index (χ0n) is 14.0. The van der Waals surface area contributed by atoms with Crippen molar-refractivity contribution in [3.05, 3.63) is 23.8 Å². The number of hydrogen-bond donors (Lipinski definition) is 1. The van der Waals surface area contributed by atoms with Crippen LogP contribution in [-0.4, -0.2) is 30.3 Å². The number of Topliss-reactive ketones (excluding diaryl/α,β-unsaturated/α-hetero) is 1. The Kier molecular flexibility index (Phi) is 5.13. The Balaban J connectivity index is 1.95. The number of carbonyl (C=O) groups excluding carboxylic acids is 2. The van der Waals surface area contributed by atoms with Crippen molar-refractivity contribution >= 4 is 11.9 Å². The zero-order chi connectivity index (χ0) is 17.0. The highest BCUT2D eigenvalue weighted by Gasteiger charge is 2.22. The van der Waals surface area contributed by atoms with Gasteiger partial charge in [-0.25, -0.2) is 4.79 Å². The van der Waals surface area contributed by atoms with Crippen LogP contribution in [0.3, 0.4) is 0 Å². The molecule has 0 fully saturated rings. The Morgan fingerprint density at radius 1 is 1.26 bits per heavy atom. The van der Waals surface area contributed by atoms with Crippen LogP contribution in [0, 0.1) is 0 Å². The van der Waals surface area contributed by atoms with Crippen molar-refractivity contribution in [2.45, 2.75) is 52.2 Å². The number of rotatable bonds is 5. The number of ketones is 1. The van der Waals surface area contributed by atoms with E-state index in [1.807, 2.05) is 6.92 Å². The summed E-state index contributed by atoms with van der Waals surface area (Å²) < 4.78 is 15.7. The lowest BCUT2D eigenvalue weighted by Crippen LogP contribution is -2.39. The summed E-state index contributed by atoms with van der Waals surface area (Å²) in [4.78, 5) is 24.2. The van der Waals surface area contributed by atoms with E-state index in [9.17, 15) is 9.59 Å². The molecule has 6 nitrogen and oxygen atoms in total. The predicted octanol–water partition coefficient (Wildman–Crippen LogP) is 3.29. The molecular weight excluding hydrogens is 298 g/mol. The van der Waals surface area contributed by atoms with Crippen LogP contribution in [0.1, 0.15) is 50.9 Å². The molecule has 1 heterocycles. The van der Waals surface area contributed by atoms with Crippen molar-refractivity contribution in [2.24, 2.45) is 0 Å². The summed E-state index contributed by atoms with van der Waals surface area (Å²) >= 11 is 0. The molecule has 0 bridgehead atoms. The standard InChI is InChI=1S/C17H23NO5/c1-5-12(18-16(20)23-17(2,3)4)9-13(19)11-6-7-14-15(8-11)22-10-21-14/h6-8,12H,5,9-10H2,1-4H3,(H,18,20). The molecule has 2 rings (SSSR count). The summed E-state index contributed by atoms with van der Waals surface area (Å²) in [6.45, 7) is 7.47. The van der Waals surface area contributed by atoms with Crippen LogP contribution in [0.4, 0.5) is 4.79 Å². The van der Waals surface area contributed by atoms with Gasteiger partial charge < -0.3 is 19.5 Å². The third-order valence-electron chi connectivity index (χ3n) is 3.34.